The smallest absolute Gasteiger partial charge is 0.160 e. The van der Waals surface area contributed by atoms with Crippen LogP contribution in [0.25, 0.3) is 88.5 Å². The van der Waals surface area contributed by atoms with Crippen molar-refractivity contribution in [1.29, 1.82) is 0 Å². The van der Waals surface area contributed by atoms with Gasteiger partial charge >= 0.3 is 0 Å². The molecule has 4 heteroatoms. The van der Waals surface area contributed by atoms with Crippen LogP contribution < -0.4 is 0 Å². The van der Waals surface area contributed by atoms with Gasteiger partial charge in [0.2, 0.25) is 0 Å². The Bertz CT molecular complexity index is 2810. The first-order chi connectivity index (χ1) is 23.8. The molecule has 0 radical (unpaired) electrons. The van der Waals surface area contributed by atoms with Gasteiger partial charge in [0.15, 0.2) is 5.82 Å². The van der Waals surface area contributed by atoms with Crippen LogP contribution in [0, 0.1) is 0 Å². The van der Waals surface area contributed by atoms with Gasteiger partial charge in [-0.05, 0) is 54.6 Å². The predicted molar refractivity (Wildman–Crippen MR) is 199 cm³/mol. The second-order valence-corrected chi connectivity index (χ2v) is 12.3. The summed E-state index contributed by atoms with van der Waals surface area (Å²) in [5.74, 6) is 0.731. The maximum absolute atomic E-state index is 5.10. The Morgan fingerprint density at radius 1 is 0.333 bits per heavy atom. The van der Waals surface area contributed by atoms with Gasteiger partial charge in [-0.2, -0.15) is 0 Å². The quantitative estimate of drug-likeness (QED) is 0.198. The predicted octanol–water partition coefficient (Wildman–Crippen LogP) is 11.2. The van der Waals surface area contributed by atoms with Crippen molar-refractivity contribution < 1.29 is 0 Å². The fourth-order valence-electron chi connectivity index (χ4n) is 7.35. The van der Waals surface area contributed by atoms with E-state index in [2.05, 4.69) is 155 Å². The molecular weight excluding hydrogens is 585 g/mol. The van der Waals surface area contributed by atoms with Crippen molar-refractivity contribution in [2.45, 2.75) is 0 Å². The monoisotopic (exact) mass is 612 g/mol. The molecule has 0 saturated heterocycles. The zero-order valence-corrected chi connectivity index (χ0v) is 26.0. The van der Waals surface area contributed by atoms with E-state index in [1.54, 1.807) is 0 Å². The molecule has 0 saturated carbocycles. The number of hydrogen-bond donors (Lipinski definition) is 0. The fourth-order valence-corrected chi connectivity index (χ4v) is 7.35. The van der Waals surface area contributed by atoms with Crippen LogP contribution in [0.2, 0.25) is 0 Å². The molecule has 0 bridgehead atoms. The molecule has 0 amide bonds. The average molecular weight is 613 g/mol. The lowest BCUT2D eigenvalue weighted by Crippen LogP contribution is -1.97. The van der Waals surface area contributed by atoms with E-state index in [9.17, 15) is 0 Å². The number of aromatic nitrogens is 4. The highest BCUT2D eigenvalue weighted by molar-refractivity contribution is 6.19. The van der Waals surface area contributed by atoms with E-state index in [4.69, 9.17) is 9.97 Å². The van der Waals surface area contributed by atoms with Crippen LogP contribution in [0.15, 0.2) is 170 Å². The Balaban J connectivity index is 1.19. The summed E-state index contributed by atoms with van der Waals surface area (Å²) in [6.45, 7) is 0. The van der Waals surface area contributed by atoms with E-state index in [1.807, 2.05) is 24.3 Å². The maximum Gasteiger partial charge on any atom is 0.160 e. The first-order valence-corrected chi connectivity index (χ1v) is 16.3. The van der Waals surface area contributed by atoms with Crippen molar-refractivity contribution in [1.82, 2.24) is 19.1 Å². The first kappa shape index (κ1) is 26.7. The SMILES string of the molecule is c1ccc(-c2nc(-c3ccc(-n4c5ccccc5c5cc6c(cc54)c4ccccc4n6-c4ccccc4)cc3)c3ccccc3n2)cc1. The van der Waals surface area contributed by atoms with Crippen molar-refractivity contribution in [3.63, 3.8) is 0 Å². The molecule has 0 atom stereocenters. The van der Waals surface area contributed by atoms with Crippen LogP contribution in [0.5, 0.6) is 0 Å². The van der Waals surface area contributed by atoms with Gasteiger partial charge in [-0.15, -0.1) is 0 Å². The Hall–Kier alpha value is -6.52. The molecule has 0 unspecified atom stereocenters. The third kappa shape index (κ3) is 4.03. The van der Waals surface area contributed by atoms with Crippen LogP contribution >= 0.6 is 0 Å². The van der Waals surface area contributed by atoms with E-state index in [1.165, 1.54) is 43.6 Å². The molecule has 0 aliphatic rings. The van der Waals surface area contributed by atoms with Gasteiger partial charge in [0, 0.05) is 49.4 Å². The van der Waals surface area contributed by atoms with E-state index in [-0.39, 0.29) is 0 Å². The summed E-state index contributed by atoms with van der Waals surface area (Å²) in [4.78, 5) is 10.0. The standard InChI is InChI=1S/C44H28N4/c1-3-13-30(14-4-1)44-45-38-20-10-7-19-35(38)43(46-44)29-23-25-32(26-24-29)48-40-22-12-9-18-34(40)37-27-41-36(28-42(37)48)33-17-8-11-21-39(33)47(41)31-15-5-2-6-16-31/h1-28H. The van der Waals surface area contributed by atoms with Crippen LogP contribution in [0.3, 0.4) is 0 Å². The minimum absolute atomic E-state index is 0.731. The topological polar surface area (TPSA) is 35.6 Å². The molecule has 7 aromatic carbocycles. The molecule has 4 nitrogen and oxygen atoms in total. The Kier molecular flexibility index (Phi) is 5.84. The number of rotatable bonds is 4. The van der Waals surface area contributed by atoms with Crippen LogP contribution in [-0.4, -0.2) is 19.1 Å². The van der Waals surface area contributed by atoms with Crippen molar-refractivity contribution in [2.75, 3.05) is 0 Å². The molecule has 0 aliphatic heterocycles. The molecule has 10 rings (SSSR count). The van der Waals surface area contributed by atoms with Gasteiger partial charge < -0.3 is 9.13 Å². The molecule has 0 fully saturated rings. The van der Waals surface area contributed by atoms with Crippen molar-refractivity contribution in [2.24, 2.45) is 0 Å². The number of fused-ring (bicyclic) bond motifs is 7. The average Bonchev–Trinajstić information content (AvgIpc) is 3.66. The highest BCUT2D eigenvalue weighted by atomic mass is 15.0. The Morgan fingerprint density at radius 2 is 0.833 bits per heavy atom. The second-order valence-electron chi connectivity index (χ2n) is 12.3. The summed E-state index contributed by atoms with van der Waals surface area (Å²) < 4.78 is 4.79. The first-order valence-electron chi connectivity index (χ1n) is 16.3. The molecule has 3 aromatic heterocycles. The molecule has 10 aromatic rings. The summed E-state index contributed by atoms with van der Waals surface area (Å²) in [5.41, 5.74) is 11.0. The van der Waals surface area contributed by atoms with Gasteiger partial charge in [-0.3, -0.25) is 0 Å². The molecule has 48 heavy (non-hydrogen) atoms. The minimum Gasteiger partial charge on any atom is -0.309 e. The van der Waals surface area contributed by atoms with Gasteiger partial charge in [0.25, 0.3) is 0 Å². The maximum atomic E-state index is 5.10. The lowest BCUT2D eigenvalue weighted by Gasteiger charge is -2.12. The van der Waals surface area contributed by atoms with Gasteiger partial charge in [0.05, 0.1) is 33.3 Å². The number of para-hydroxylation sites is 4. The highest BCUT2D eigenvalue weighted by Gasteiger charge is 2.19. The highest BCUT2D eigenvalue weighted by Crippen LogP contribution is 2.40. The van der Waals surface area contributed by atoms with Gasteiger partial charge in [-0.1, -0.05) is 115 Å². The van der Waals surface area contributed by atoms with Crippen molar-refractivity contribution in [3.8, 4) is 34.0 Å². The van der Waals surface area contributed by atoms with Crippen LogP contribution in [0.1, 0.15) is 0 Å². The zero-order valence-electron chi connectivity index (χ0n) is 26.0. The normalized spacial score (nSPS) is 11.8. The zero-order chi connectivity index (χ0) is 31.6. The van der Waals surface area contributed by atoms with Gasteiger partial charge in [-0.25, -0.2) is 9.97 Å². The van der Waals surface area contributed by atoms with Crippen LogP contribution in [0.4, 0.5) is 0 Å². The summed E-state index contributed by atoms with van der Waals surface area (Å²) in [7, 11) is 0. The molecule has 0 aliphatic carbocycles. The second kappa shape index (κ2) is 10.5. The third-order valence-corrected chi connectivity index (χ3v) is 9.51. The molecule has 224 valence electrons. The van der Waals surface area contributed by atoms with Crippen molar-refractivity contribution >= 4 is 54.5 Å². The molecule has 0 spiro atoms. The van der Waals surface area contributed by atoms with Gasteiger partial charge in [0.1, 0.15) is 0 Å². The van der Waals surface area contributed by atoms with E-state index >= 15 is 0 Å². The number of benzene rings is 7. The summed E-state index contributed by atoms with van der Waals surface area (Å²) in [6.07, 6.45) is 0. The Morgan fingerprint density at radius 3 is 1.46 bits per heavy atom. The molecular formula is C44H28N4. The molecule has 0 N–H and O–H groups in total. The van der Waals surface area contributed by atoms with Crippen molar-refractivity contribution in [3.05, 3.63) is 170 Å². The number of hydrogen-bond acceptors (Lipinski definition) is 2. The fraction of sp³-hybridized carbons (Fsp3) is 0. The lowest BCUT2D eigenvalue weighted by atomic mass is 10.0. The minimum atomic E-state index is 0.731. The lowest BCUT2D eigenvalue weighted by molar-refractivity contribution is 1.17. The Labute approximate surface area is 276 Å². The van der Waals surface area contributed by atoms with E-state index in [0.29, 0.717) is 0 Å². The number of nitrogens with zero attached hydrogens (tertiary/aromatic N) is 4. The summed E-state index contributed by atoms with van der Waals surface area (Å²) >= 11 is 0. The largest absolute Gasteiger partial charge is 0.309 e. The van der Waals surface area contributed by atoms with Crippen LogP contribution in [-0.2, 0) is 0 Å². The molecule has 3 heterocycles. The van der Waals surface area contributed by atoms with E-state index in [0.717, 1.165) is 44.9 Å². The van der Waals surface area contributed by atoms with E-state index < -0.39 is 0 Å². The summed E-state index contributed by atoms with van der Waals surface area (Å²) in [6, 6.07) is 60.2. The third-order valence-electron chi connectivity index (χ3n) is 9.51. The summed E-state index contributed by atoms with van der Waals surface area (Å²) in [5, 5.41) is 5.99.